The van der Waals surface area contributed by atoms with E-state index in [0.29, 0.717) is 43.2 Å². The van der Waals surface area contributed by atoms with Gasteiger partial charge in [-0.1, -0.05) is 12.1 Å². The van der Waals surface area contributed by atoms with Crippen molar-refractivity contribution in [2.75, 3.05) is 26.8 Å². The van der Waals surface area contributed by atoms with Crippen LogP contribution >= 0.6 is 24.0 Å². The third-order valence-corrected chi connectivity index (χ3v) is 3.76. The maximum absolute atomic E-state index is 12.2. The molecule has 1 heterocycles. The number of nitrogens with zero attached hydrogens (tertiary/aromatic N) is 2. The summed E-state index contributed by atoms with van der Waals surface area (Å²) in [6.45, 7) is 3.45. The van der Waals surface area contributed by atoms with E-state index in [1.807, 2.05) is 6.92 Å². The van der Waals surface area contributed by atoms with Gasteiger partial charge in [-0.2, -0.15) is 0 Å². The Morgan fingerprint density at radius 2 is 1.84 bits per heavy atom. The molecule has 1 aliphatic heterocycles. The number of hydrogen-bond donors (Lipinski definition) is 2. The number of fused-ring (bicyclic) bond motifs is 1. The topological polar surface area (TPSA) is 97.0 Å². The van der Waals surface area contributed by atoms with E-state index in [9.17, 15) is 9.59 Å². The fourth-order valence-corrected chi connectivity index (χ4v) is 2.61. The van der Waals surface area contributed by atoms with Gasteiger partial charge in [-0.15, -0.1) is 24.0 Å². The monoisotopic (exact) mass is 460 g/mol. The summed E-state index contributed by atoms with van der Waals surface area (Å²) in [7, 11) is 1.63. The maximum atomic E-state index is 12.2. The summed E-state index contributed by atoms with van der Waals surface area (Å²) in [5, 5.41) is 3.02. The van der Waals surface area contributed by atoms with Gasteiger partial charge in [0.2, 0.25) is 0 Å². The number of unbranched alkanes of at least 4 members (excludes halogenated alkanes) is 1. The van der Waals surface area contributed by atoms with Crippen molar-refractivity contribution >= 4 is 41.8 Å². The van der Waals surface area contributed by atoms with E-state index in [2.05, 4.69) is 10.3 Å². The third-order valence-electron chi connectivity index (χ3n) is 3.76. The number of aliphatic imine (C=N–C) groups is 1. The van der Waals surface area contributed by atoms with Crippen molar-refractivity contribution in [3.63, 3.8) is 0 Å². The molecule has 25 heavy (non-hydrogen) atoms. The summed E-state index contributed by atoms with van der Waals surface area (Å²) < 4.78 is 5.01. The molecule has 7 nitrogen and oxygen atoms in total. The molecule has 0 aliphatic carbocycles. The first-order valence-corrected chi connectivity index (χ1v) is 8.05. The number of benzene rings is 1. The van der Waals surface area contributed by atoms with Gasteiger partial charge in [0.15, 0.2) is 5.96 Å². The lowest BCUT2D eigenvalue weighted by molar-refractivity contribution is 0.0652. The maximum Gasteiger partial charge on any atom is 0.261 e. The van der Waals surface area contributed by atoms with Crippen LogP contribution in [-0.2, 0) is 4.74 Å². The van der Waals surface area contributed by atoms with E-state index < -0.39 is 0 Å². The number of hydrogen-bond acceptors (Lipinski definition) is 4. The smallest absolute Gasteiger partial charge is 0.261 e. The van der Waals surface area contributed by atoms with Crippen LogP contribution in [0.25, 0.3) is 0 Å². The van der Waals surface area contributed by atoms with Crippen LogP contribution in [0.1, 0.15) is 40.5 Å². The van der Waals surface area contributed by atoms with E-state index in [1.54, 1.807) is 31.4 Å². The first-order chi connectivity index (χ1) is 11.5. The minimum Gasteiger partial charge on any atom is -0.383 e. The highest BCUT2D eigenvalue weighted by atomic mass is 127. The zero-order valence-corrected chi connectivity index (χ0v) is 16.9. The summed E-state index contributed by atoms with van der Waals surface area (Å²) in [5.41, 5.74) is 6.75. The normalized spacial score (nSPS) is 15.0. The van der Waals surface area contributed by atoms with Gasteiger partial charge in [-0.25, -0.2) is 0 Å². The molecule has 0 radical (unpaired) electrons. The molecule has 2 rings (SSSR count). The molecule has 1 unspecified atom stereocenters. The Kier molecular flexibility index (Phi) is 8.84. The Morgan fingerprint density at radius 1 is 1.24 bits per heavy atom. The van der Waals surface area contributed by atoms with Crippen LogP contribution in [0.4, 0.5) is 0 Å². The summed E-state index contributed by atoms with van der Waals surface area (Å²) in [5.74, 6) is -0.0531. The number of nitrogens with two attached hydrogens (primary N) is 1. The van der Waals surface area contributed by atoms with Crippen LogP contribution < -0.4 is 11.1 Å². The fourth-order valence-electron chi connectivity index (χ4n) is 2.61. The van der Waals surface area contributed by atoms with Crippen LogP contribution in [-0.4, -0.2) is 55.5 Å². The average molecular weight is 460 g/mol. The number of halogens is 1. The zero-order valence-electron chi connectivity index (χ0n) is 14.5. The molecule has 0 spiro atoms. The molecule has 3 N–H and O–H groups in total. The Morgan fingerprint density at radius 3 is 2.40 bits per heavy atom. The molecule has 0 aromatic heterocycles. The molecule has 138 valence electrons. The Bertz CT molecular complexity index is 601. The summed E-state index contributed by atoms with van der Waals surface area (Å²) in [6.07, 6.45) is 1.43. The Labute approximate surface area is 165 Å². The van der Waals surface area contributed by atoms with Crippen molar-refractivity contribution in [3.8, 4) is 0 Å². The molecule has 1 atom stereocenters. The van der Waals surface area contributed by atoms with Crippen molar-refractivity contribution in [2.45, 2.75) is 25.8 Å². The SMILES string of the molecule is COCC(C)NC(N)=NCCCCN1C(=O)c2ccccc2C1=O.I. The van der Waals surface area contributed by atoms with Crippen LogP contribution in [0, 0.1) is 0 Å². The van der Waals surface area contributed by atoms with Crippen LogP contribution in [0.5, 0.6) is 0 Å². The highest BCUT2D eigenvalue weighted by Gasteiger charge is 2.34. The first kappa shape index (κ1) is 21.4. The zero-order chi connectivity index (χ0) is 17.5. The molecule has 1 aromatic carbocycles. The summed E-state index contributed by atoms with van der Waals surface area (Å²) in [4.78, 5) is 29.9. The second-order valence-corrected chi connectivity index (χ2v) is 5.78. The predicted molar refractivity (Wildman–Crippen MR) is 107 cm³/mol. The van der Waals surface area contributed by atoms with Gasteiger partial charge in [0.05, 0.1) is 17.7 Å². The number of carbonyl (C=O) groups excluding carboxylic acids is 2. The van der Waals surface area contributed by atoms with E-state index in [1.165, 1.54) is 4.90 Å². The Hall–Kier alpha value is -1.68. The molecule has 8 heteroatoms. The number of carbonyl (C=O) groups is 2. The van der Waals surface area contributed by atoms with E-state index >= 15 is 0 Å². The van der Waals surface area contributed by atoms with Crippen LogP contribution in [0.3, 0.4) is 0 Å². The number of rotatable bonds is 8. The third kappa shape index (κ3) is 5.67. The van der Waals surface area contributed by atoms with Crippen molar-refractivity contribution in [1.82, 2.24) is 10.2 Å². The lowest BCUT2D eigenvalue weighted by Gasteiger charge is -2.14. The number of methoxy groups -OCH3 is 1. The van der Waals surface area contributed by atoms with Crippen molar-refractivity contribution in [3.05, 3.63) is 35.4 Å². The molecule has 0 fully saturated rings. The van der Waals surface area contributed by atoms with Gasteiger partial charge in [-0.3, -0.25) is 19.5 Å². The average Bonchev–Trinajstić information content (AvgIpc) is 2.80. The van der Waals surface area contributed by atoms with Gasteiger partial charge in [0, 0.05) is 26.2 Å². The highest BCUT2D eigenvalue weighted by molar-refractivity contribution is 14.0. The van der Waals surface area contributed by atoms with E-state index in [0.717, 1.165) is 6.42 Å². The predicted octanol–water partition coefficient (Wildman–Crippen LogP) is 1.62. The largest absolute Gasteiger partial charge is 0.383 e. The quantitative estimate of drug-likeness (QED) is 0.202. The molecular formula is C17H25IN4O3. The van der Waals surface area contributed by atoms with Crippen LogP contribution in [0.2, 0.25) is 0 Å². The number of nitrogens with one attached hydrogen (secondary N) is 1. The number of imide groups is 1. The minimum atomic E-state index is -0.214. The van der Waals surface area contributed by atoms with Gasteiger partial charge in [-0.05, 0) is 31.9 Å². The first-order valence-electron chi connectivity index (χ1n) is 8.05. The van der Waals surface area contributed by atoms with E-state index in [4.69, 9.17) is 10.5 Å². The molecule has 1 aliphatic rings. The molecule has 1 aromatic rings. The van der Waals surface area contributed by atoms with Gasteiger partial charge in [0.1, 0.15) is 0 Å². The van der Waals surface area contributed by atoms with Crippen molar-refractivity contribution in [2.24, 2.45) is 10.7 Å². The van der Waals surface area contributed by atoms with Crippen molar-refractivity contribution < 1.29 is 14.3 Å². The molecule has 0 saturated carbocycles. The molecular weight excluding hydrogens is 435 g/mol. The standard InChI is InChI=1S/C17H24N4O3.HI/c1-12(11-24-2)20-17(18)19-9-5-6-10-21-15(22)13-7-3-4-8-14(13)16(21)23;/h3-4,7-8,12H,5-6,9-11H2,1-2H3,(H3,18,19,20);1H. The number of amides is 2. The van der Waals surface area contributed by atoms with Gasteiger partial charge < -0.3 is 15.8 Å². The second kappa shape index (κ2) is 10.3. The number of guanidine groups is 1. The van der Waals surface area contributed by atoms with Crippen LogP contribution in [0.15, 0.2) is 29.3 Å². The lowest BCUT2D eigenvalue weighted by Crippen LogP contribution is -2.40. The Balaban J connectivity index is 0.00000312. The molecule has 0 bridgehead atoms. The van der Waals surface area contributed by atoms with Gasteiger partial charge in [0.25, 0.3) is 11.8 Å². The molecule has 2 amide bonds. The summed E-state index contributed by atoms with van der Waals surface area (Å²) in [6, 6.07) is 7.00. The van der Waals surface area contributed by atoms with Crippen molar-refractivity contribution in [1.29, 1.82) is 0 Å². The lowest BCUT2D eigenvalue weighted by atomic mass is 10.1. The van der Waals surface area contributed by atoms with Gasteiger partial charge >= 0.3 is 0 Å². The minimum absolute atomic E-state index is 0. The highest BCUT2D eigenvalue weighted by Crippen LogP contribution is 2.22. The second-order valence-electron chi connectivity index (χ2n) is 5.78. The summed E-state index contributed by atoms with van der Waals surface area (Å²) >= 11 is 0. The molecule has 0 saturated heterocycles. The van der Waals surface area contributed by atoms with E-state index in [-0.39, 0.29) is 41.8 Å². The number of ether oxygens (including phenoxy) is 1. The fraction of sp³-hybridized carbons (Fsp3) is 0.471.